The second-order valence-corrected chi connectivity index (χ2v) is 9.14. The molecule has 27 heavy (non-hydrogen) atoms. The van der Waals surface area contributed by atoms with E-state index >= 15 is 0 Å². The summed E-state index contributed by atoms with van der Waals surface area (Å²) in [6.07, 6.45) is 3.64. The average molecular weight is 395 g/mol. The van der Waals surface area contributed by atoms with Crippen molar-refractivity contribution in [2.24, 2.45) is 5.92 Å². The number of carbonyl (C=O) groups is 1. The minimum absolute atomic E-state index is 0.156. The highest BCUT2D eigenvalue weighted by atomic mass is 32.1. The molecule has 1 aromatic rings. The van der Waals surface area contributed by atoms with Gasteiger partial charge in [0.1, 0.15) is 4.88 Å². The maximum atomic E-state index is 13.2. The highest BCUT2D eigenvalue weighted by molar-refractivity contribution is 7.13. The minimum Gasteiger partial charge on any atom is -0.396 e. The number of aromatic nitrogens is 1. The van der Waals surface area contributed by atoms with Crippen LogP contribution in [0.1, 0.15) is 46.6 Å². The number of hydrogen-bond acceptors (Lipinski definition) is 6. The van der Waals surface area contributed by atoms with Gasteiger partial charge in [-0.1, -0.05) is 6.92 Å². The Morgan fingerprint density at radius 2 is 2.00 bits per heavy atom. The molecule has 2 aliphatic heterocycles. The van der Waals surface area contributed by atoms with Gasteiger partial charge in [-0.25, -0.2) is 4.98 Å². The van der Waals surface area contributed by atoms with Gasteiger partial charge in [0.2, 0.25) is 0 Å². The van der Waals surface area contributed by atoms with Crippen LogP contribution >= 0.6 is 11.3 Å². The third kappa shape index (κ3) is 4.88. The van der Waals surface area contributed by atoms with Crippen LogP contribution in [0.3, 0.4) is 0 Å². The molecule has 0 radical (unpaired) electrons. The van der Waals surface area contributed by atoms with Crippen molar-refractivity contribution in [1.82, 2.24) is 19.7 Å². The number of aryl methyl sites for hydroxylation is 2. The average Bonchev–Trinajstić information content (AvgIpc) is 3.07. The Morgan fingerprint density at radius 1 is 1.26 bits per heavy atom. The van der Waals surface area contributed by atoms with Gasteiger partial charge in [-0.3, -0.25) is 9.69 Å². The third-order valence-electron chi connectivity index (χ3n) is 6.05. The number of hydrogen-bond donors (Lipinski definition) is 1. The monoisotopic (exact) mass is 394 g/mol. The van der Waals surface area contributed by atoms with Crippen LogP contribution in [0.4, 0.5) is 0 Å². The molecule has 7 heteroatoms. The van der Waals surface area contributed by atoms with E-state index in [1.807, 2.05) is 11.8 Å². The fraction of sp³-hybridized carbons (Fsp3) is 0.800. The molecule has 3 heterocycles. The standard InChI is InChI=1S/C20H34N4O2S/c1-4-17-19(27-15(2)21-17)20(26)24-8-7-18(16(14-24)6-5-13-25)23-11-9-22(3)10-12-23/h16,18,25H,4-14H2,1-3H3/t16-,18+/m0/s1. The molecule has 6 nitrogen and oxygen atoms in total. The van der Waals surface area contributed by atoms with Crippen molar-refractivity contribution >= 4 is 17.2 Å². The number of piperidine rings is 1. The van der Waals surface area contributed by atoms with Crippen LogP contribution in [0.15, 0.2) is 0 Å². The Hall–Kier alpha value is -1.02. The van der Waals surface area contributed by atoms with Crippen LogP contribution in [-0.4, -0.2) is 89.7 Å². The summed E-state index contributed by atoms with van der Waals surface area (Å²) in [7, 11) is 2.18. The first-order valence-electron chi connectivity index (χ1n) is 10.3. The molecule has 1 N–H and O–H groups in total. The van der Waals surface area contributed by atoms with E-state index < -0.39 is 0 Å². The maximum absolute atomic E-state index is 13.2. The first-order chi connectivity index (χ1) is 13.0. The van der Waals surface area contributed by atoms with Gasteiger partial charge in [0.05, 0.1) is 10.7 Å². The second-order valence-electron chi connectivity index (χ2n) is 7.93. The van der Waals surface area contributed by atoms with Crippen LogP contribution in [0, 0.1) is 12.8 Å². The molecule has 1 aromatic heterocycles. The Bertz CT molecular complexity index is 627. The van der Waals surface area contributed by atoms with E-state index in [1.54, 1.807) is 0 Å². The van der Waals surface area contributed by atoms with E-state index in [0.29, 0.717) is 12.0 Å². The number of piperazine rings is 1. The van der Waals surface area contributed by atoms with Crippen molar-refractivity contribution in [3.05, 3.63) is 15.6 Å². The molecule has 0 saturated carbocycles. The largest absolute Gasteiger partial charge is 0.396 e. The summed E-state index contributed by atoms with van der Waals surface area (Å²) >= 11 is 1.53. The molecule has 2 fully saturated rings. The lowest BCUT2D eigenvalue weighted by Gasteiger charge is -2.46. The molecular weight excluding hydrogens is 360 g/mol. The molecule has 0 unspecified atom stereocenters. The van der Waals surface area contributed by atoms with Crippen LogP contribution in [0.2, 0.25) is 0 Å². The first kappa shape index (κ1) is 20.7. The number of amides is 1. The second kappa shape index (κ2) is 9.45. The quantitative estimate of drug-likeness (QED) is 0.798. The smallest absolute Gasteiger partial charge is 0.265 e. The molecule has 1 amide bonds. The van der Waals surface area contributed by atoms with Crippen molar-refractivity contribution in [2.45, 2.75) is 45.6 Å². The summed E-state index contributed by atoms with van der Waals surface area (Å²) in [6, 6.07) is 0.531. The van der Waals surface area contributed by atoms with Crippen LogP contribution in [0.5, 0.6) is 0 Å². The van der Waals surface area contributed by atoms with Gasteiger partial charge >= 0.3 is 0 Å². The van der Waals surface area contributed by atoms with Crippen molar-refractivity contribution < 1.29 is 9.90 Å². The summed E-state index contributed by atoms with van der Waals surface area (Å²) in [4.78, 5) is 25.6. The number of rotatable bonds is 6. The molecule has 2 atom stereocenters. The zero-order valence-corrected chi connectivity index (χ0v) is 17.8. The van der Waals surface area contributed by atoms with Gasteiger partial charge in [0.15, 0.2) is 0 Å². The molecule has 2 saturated heterocycles. The maximum Gasteiger partial charge on any atom is 0.265 e. The lowest BCUT2D eigenvalue weighted by Crippen LogP contribution is -2.56. The molecular formula is C20H34N4O2S. The molecule has 0 aliphatic carbocycles. The van der Waals surface area contributed by atoms with E-state index in [-0.39, 0.29) is 12.5 Å². The Balaban J connectivity index is 1.70. The van der Waals surface area contributed by atoms with Gasteiger partial charge in [-0.2, -0.15) is 0 Å². The molecule has 152 valence electrons. The normalized spacial score (nSPS) is 25.1. The summed E-state index contributed by atoms with van der Waals surface area (Å²) < 4.78 is 0. The van der Waals surface area contributed by atoms with E-state index in [4.69, 9.17) is 0 Å². The van der Waals surface area contributed by atoms with Crippen LogP contribution in [-0.2, 0) is 6.42 Å². The Kier molecular flexibility index (Phi) is 7.25. The molecule has 2 aliphatic rings. The predicted molar refractivity (Wildman–Crippen MR) is 109 cm³/mol. The summed E-state index contributed by atoms with van der Waals surface area (Å²) in [5.74, 6) is 0.598. The van der Waals surface area contributed by atoms with E-state index in [1.165, 1.54) is 11.3 Å². The zero-order chi connectivity index (χ0) is 19.4. The number of thiazole rings is 1. The van der Waals surface area contributed by atoms with E-state index in [2.05, 4.69) is 28.8 Å². The number of carbonyl (C=O) groups excluding carboxylic acids is 1. The minimum atomic E-state index is 0.156. The number of aliphatic hydroxyl groups is 1. The van der Waals surface area contributed by atoms with Crippen LogP contribution < -0.4 is 0 Å². The summed E-state index contributed by atoms with van der Waals surface area (Å²) in [6.45, 7) is 10.4. The molecule has 0 aromatic carbocycles. The van der Waals surface area contributed by atoms with Gasteiger partial charge in [0.25, 0.3) is 5.91 Å². The number of aliphatic hydroxyl groups excluding tert-OH is 1. The van der Waals surface area contributed by atoms with Crippen molar-refractivity contribution in [3.8, 4) is 0 Å². The van der Waals surface area contributed by atoms with E-state index in [9.17, 15) is 9.90 Å². The molecule has 3 rings (SSSR count). The lowest BCUT2D eigenvalue weighted by atomic mass is 9.86. The predicted octanol–water partition coefficient (Wildman–Crippen LogP) is 1.86. The third-order valence-corrected chi connectivity index (χ3v) is 7.06. The van der Waals surface area contributed by atoms with Gasteiger partial charge in [-0.05, 0) is 45.6 Å². The molecule has 0 bridgehead atoms. The Labute approximate surface area is 167 Å². The van der Waals surface area contributed by atoms with Gasteiger partial charge in [-0.15, -0.1) is 11.3 Å². The number of likely N-dealkylation sites (tertiary alicyclic amines) is 1. The lowest BCUT2D eigenvalue weighted by molar-refractivity contribution is 0.0219. The topological polar surface area (TPSA) is 59.9 Å². The van der Waals surface area contributed by atoms with Crippen molar-refractivity contribution in [3.63, 3.8) is 0 Å². The van der Waals surface area contributed by atoms with Gasteiger partial charge < -0.3 is 14.9 Å². The van der Waals surface area contributed by atoms with Gasteiger partial charge in [0, 0.05) is 51.9 Å². The van der Waals surface area contributed by atoms with Crippen LogP contribution in [0.25, 0.3) is 0 Å². The molecule has 0 spiro atoms. The number of likely N-dealkylation sites (N-methyl/N-ethyl adjacent to an activating group) is 1. The fourth-order valence-corrected chi connectivity index (χ4v) is 5.47. The Morgan fingerprint density at radius 3 is 2.67 bits per heavy atom. The highest BCUT2D eigenvalue weighted by Crippen LogP contribution is 2.29. The SMILES string of the molecule is CCc1nc(C)sc1C(=O)N1CC[C@@H](N2CCN(C)CC2)[C@@H](CCCO)C1. The summed E-state index contributed by atoms with van der Waals surface area (Å²) in [5.41, 5.74) is 0.940. The number of nitrogens with zero attached hydrogens (tertiary/aromatic N) is 4. The van der Waals surface area contributed by atoms with Crippen molar-refractivity contribution in [1.29, 1.82) is 0 Å². The highest BCUT2D eigenvalue weighted by Gasteiger charge is 2.36. The first-order valence-corrected chi connectivity index (χ1v) is 11.1. The van der Waals surface area contributed by atoms with E-state index in [0.717, 1.165) is 80.5 Å². The fourth-order valence-electron chi connectivity index (χ4n) is 4.50. The van der Waals surface area contributed by atoms with Crippen molar-refractivity contribution in [2.75, 3.05) is 52.9 Å². The zero-order valence-electron chi connectivity index (χ0n) is 17.0. The summed E-state index contributed by atoms with van der Waals surface area (Å²) in [5, 5.41) is 10.3.